The summed E-state index contributed by atoms with van der Waals surface area (Å²) < 4.78 is 2.42. The minimum atomic E-state index is 0.594. The highest BCUT2D eigenvalue weighted by atomic mass is 15.8. The first-order chi connectivity index (χ1) is 60.8. The van der Waals surface area contributed by atoms with Crippen molar-refractivity contribution in [3.8, 4) is 11.3 Å². The maximum Gasteiger partial charge on any atom is 0.227 e. The molecule has 0 saturated carbocycles. The van der Waals surface area contributed by atoms with Crippen LogP contribution >= 0.6 is 0 Å². The van der Waals surface area contributed by atoms with Crippen LogP contribution in [0, 0.1) is 6.92 Å². The van der Waals surface area contributed by atoms with Gasteiger partial charge in [-0.2, -0.15) is 0 Å². The summed E-state index contributed by atoms with van der Waals surface area (Å²) in [4.78, 5) is 16.8. The number of nitrogens with two attached hydrogens (primary N) is 3. The molecular weight excluding hydrogens is 1660 g/mol. The van der Waals surface area contributed by atoms with Gasteiger partial charge in [0.05, 0.1) is 28.8 Å². The van der Waals surface area contributed by atoms with E-state index in [0.29, 0.717) is 5.95 Å². The predicted molar refractivity (Wildman–Crippen MR) is 371 cm³/mol. The monoisotopic (exact) mass is 1700 g/mol. The van der Waals surface area contributed by atoms with Gasteiger partial charge in [-0.1, -0.05) is 28.6 Å². The third-order valence-corrected chi connectivity index (χ3v) is 11.5. The molecule has 0 spiro atoms. The minimum absolute atomic E-state index is 0.594. The Bertz CT molecular complexity index is 4950. The van der Waals surface area contributed by atoms with Gasteiger partial charge in [0.15, 0.2) is 0 Å². The summed E-state index contributed by atoms with van der Waals surface area (Å²) >= 11 is 0. The Balaban J connectivity index is 0.000000561. The average Bonchev–Trinajstić information content (AvgIpc) is 1.61. The number of anilines is 5. The first-order valence-electron chi connectivity index (χ1n) is 30.9. The van der Waals surface area contributed by atoms with Crippen molar-refractivity contribution in [1.29, 1.82) is 0 Å². The lowest BCUT2D eigenvalue weighted by Gasteiger charge is -2.24. The molecule has 2 aromatic heterocycles. The molecule has 1 saturated heterocycles. The fraction of sp³-hybridized carbons (Fsp3) is 0.419. The zero-order valence-electron chi connectivity index (χ0n) is 61.5. The molecule has 1 fully saturated rings. The Kier molecular flexibility index (Phi) is 49.2. The zero-order valence-corrected chi connectivity index (χ0v) is 61.5. The van der Waals surface area contributed by atoms with E-state index >= 15 is 0 Å². The number of hydrogen-bond donors (Lipinski definition) is 4. The first-order valence-corrected chi connectivity index (χ1v) is 30.9. The van der Waals surface area contributed by atoms with Crippen LogP contribution < -0.4 is 32.5 Å². The van der Waals surface area contributed by atoms with E-state index in [1.807, 2.05) is 12.3 Å². The number of aryl methyl sites for hydroxylation is 3. The molecule has 123 heavy (non-hydrogen) atoms. The Morgan fingerprint density at radius 2 is 0.642 bits per heavy atom. The number of hydrogen-bond acceptors (Lipinski definition) is 9. The third-order valence-electron chi connectivity index (χ3n) is 11.5. The van der Waals surface area contributed by atoms with Gasteiger partial charge in [0.2, 0.25) is 5.95 Å². The van der Waals surface area contributed by atoms with E-state index in [9.17, 15) is 0 Å². The molecule has 6 rings (SSSR count). The Morgan fingerprint density at radius 3 is 0.919 bits per heavy atom. The van der Waals surface area contributed by atoms with Gasteiger partial charge in [0.1, 0.15) is 5.69 Å². The maximum atomic E-state index is 6.53. The van der Waals surface area contributed by atoms with Gasteiger partial charge >= 0.3 is 0 Å². The summed E-state index contributed by atoms with van der Waals surface area (Å²) in [6.07, 6.45) is 9.04. The van der Waals surface area contributed by atoms with Crippen LogP contribution in [-0.4, -0.2) is 66.8 Å². The fourth-order valence-electron chi connectivity index (χ4n) is 7.47. The largest absolute Gasteiger partial charge is 0.397 e. The highest BCUT2D eigenvalue weighted by molar-refractivity contribution is 6.00. The fourth-order valence-corrected chi connectivity index (χ4v) is 7.47. The van der Waals surface area contributed by atoms with Gasteiger partial charge < -0.3 is 42.0 Å². The smallest absolute Gasteiger partial charge is 0.227 e. The van der Waals surface area contributed by atoms with Gasteiger partial charge in [-0.3, -0.25) is 0 Å². The maximum absolute atomic E-state index is 6.53. The minimum Gasteiger partial charge on any atom is -0.397 e. The SMILES string of the molecule is Cc1cc(N(C)CCN(C)C)c(N)cc1Nc1ncc(N2CCCC2)c(-c2cn3c4c(cccc24)CCC3)n1.N/N=N/N=N/N=N/N=N/N=N/N=N/N=N/N=N/N=N/N=N/N=N/N=N/N=N/N=N/N=N/N=N/N=N/N=N/N=N/N=N/N=N/N=N/N=N/N=N/N=N/N=N/N=N/N=N/N=N/N=N/N=N/N=N/N=N/N=N/N=N/N=N/N=N/N=N/N=N/N=N/N=N/N. The van der Waals surface area contributed by atoms with Crippen LogP contribution in [0.5, 0.6) is 0 Å². The number of aromatic nitrogens is 3. The molecule has 0 aliphatic carbocycles. The van der Waals surface area contributed by atoms with E-state index in [4.69, 9.17) is 15.7 Å². The topological polar surface area (TPSA) is 1140 Å². The highest BCUT2D eigenvalue weighted by Crippen LogP contribution is 2.40. The van der Waals surface area contributed by atoms with E-state index in [0.717, 1.165) is 73.2 Å². The Morgan fingerprint density at radius 1 is 0.358 bits per heavy atom. The van der Waals surface area contributed by atoms with Crippen molar-refractivity contribution in [1.82, 2.24) is 19.4 Å². The molecule has 0 radical (unpaired) electrons. The molecule has 4 heterocycles. The summed E-state index contributed by atoms with van der Waals surface area (Å²) in [5.41, 5.74) is 16.5. The van der Waals surface area contributed by atoms with Crippen molar-refractivity contribution in [2.24, 2.45) is 440 Å². The molecule has 92 heteroatoms. The quantitative estimate of drug-likeness (QED) is 0.0141. The number of nitrogens with zero attached hydrogens (tertiary/aromatic N) is 88. The second kappa shape index (κ2) is 65.0. The first kappa shape index (κ1) is 93.0. The number of nitrogens with one attached hydrogen (secondary N) is 1. The summed E-state index contributed by atoms with van der Waals surface area (Å²) in [5.74, 6) is 9.86. The lowest BCUT2D eigenvalue weighted by Crippen LogP contribution is -2.29. The molecule has 0 amide bonds. The van der Waals surface area contributed by atoms with E-state index in [1.165, 1.54) is 41.3 Å². The molecule has 7 N–H and O–H groups in total. The lowest BCUT2D eigenvalue weighted by atomic mass is 10.0. The highest BCUT2D eigenvalue weighted by Gasteiger charge is 2.24. The van der Waals surface area contributed by atoms with Crippen molar-refractivity contribution in [3.63, 3.8) is 0 Å². The van der Waals surface area contributed by atoms with Crippen LogP contribution in [0.1, 0.15) is 30.4 Å². The summed E-state index contributed by atoms with van der Waals surface area (Å²) in [7, 11) is 6.26. The van der Waals surface area contributed by atoms with Crippen molar-refractivity contribution in [2.75, 3.05) is 68.2 Å². The molecule has 2 aliphatic rings. The molecule has 2 aliphatic heterocycles. The molecule has 0 atom stereocenters. The standard InChI is InChI=1S/C31H40N8.H4N84/c1-21-17-27(37(4)16-15-36(2)3)25(32)18-26(21)34-31-33-19-28(38-12-5-6-13-38)29(35-31)24-20-39-14-8-10-22-9-7-11-23(24)30(22)39;1-3-5-7-9-11-13-15-17-19-21-23-25-27-29-31-33-35-37-39-41-43-45-47-49-51-53-55-57-59-61-63-65-67-69-71-73-75-77-79-81-83-84-82-80-78-76-74-72-70-68-66-64-62-60-58-56-54-52-50-48-46-44-42-40-38-36-34-32-30-28-26-24-22-20-18-16-14-12-10-8-6-4-2/h7,9,11,17-20H,5-6,8,10,12-16,32H2,1-4H3,(H,33,34,35);(H2,1,4,5,8,9,12,13,16,17,20,21,24,25,28,29,32,33,36,37,40,41,44,45,48,49,52,53,56,57,60,61,64,65,68,69,72,73,76,77,80,81,84)(H2,2,3,6,7,10,11,14,15,18,19,22,23,26,27,30,31,34,35,38,39,42,43,46,47,50,51,54,55,58,59,62,63,66,67,70,71,74,75,78,79,82,83). The lowest BCUT2D eigenvalue weighted by molar-refractivity contribution is 0.416. The van der Waals surface area contributed by atoms with Gasteiger partial charge in [-0.25, -0.2) is 9.97 Å². The van der Waals surface area contributed by atoms with Crippen LogP contribution in [0.4, 0.5) is 28.7 Å². The van der Waals surface area contributed by atoms with Crippen LogP contribution in [0.25, 0.3) is 22.2 Å². The van der Waals surface area contributed by atoms with Crippen LogP contribution in [0.3, 0.4) is 0 Å². The summed E-state index contributed by atoms with van der Waals surface area (Å²) in [6.45, 7) is 7.12. The summed E-state index contributed by atoms with van der Waals surface area (Å²) in [6, 6.07) is 10.9. The van der Waals surface area contributed by atoms with Gasteiger partial charge in [-0.05, 0) is 143 Å². The molecule has 4 aromatic rings. The van der Waals surface area contributed by atoms with Gasteiger partial charge in [0.25, 0.3) is 0 Å². The molecule has 92 nitrogen and oxygen atoms in total. The van der Waals surface area contributed by atoms with Crippen LogP contribution in [0.15, 0.2) is 471 Å². The van der Waals surface area contributed by atoms with Gasteiger partial charge in [0, 0.05) is 407 Å². The predicted octanol–water partition coefficient (Wildman–Crippen LogP) is 19.2. The van der Waals surface area contributed by atoms with E-state index < -0.39 is 0 Å². The second-order valence-corrected chi connectivity index (χ2v) is 18.7. The Labute approximate surface area is 670 Å². The number of likely N-dealkylation sites (N-methyl/N-ethyl adjacent to an activating group) is 2. The van der Waals surface area contributed by atoms with E-state index in [2.05, 4.69) is 523 Å². The third kappa shape index (κ3) is 44.9. The van der Waals surface area contributed by atoms with Crippen LogP contribution in [-0.2, 0) is 13.0 Å². The van der Waals surface area contributed by atoms with E-state index in [-0.39, 0.29) is 0 Å². The molecule has 0 bridgehead atoms. The van der Waals surface area contributed by atoms with Crippen molar-refractivity contribution >= 4 is 39.6 Å². The molecule has 628 valence electrons. The number of para-hydroxylation sites is 1. The summed E-state index contributed by atoms with van der Waals surface area (Å²) in [5, 5.41) is 250. The van der Waals surface area contributed by atoms with Crippen molar-refractivity contribution in [3.05, 3.63) is 53.9 Å². The van der Waals surface area contributed by atoms with E-state index in [1.54, 1.807) is 0 Å². The van der Waals surface area contributed by atoms with Crippen molar-refractivity contribution in [2.45, 2.75) is 39.2 Å². The molecular formula is C31H44N92. The second-order valence-electron chi connectivity index (χ2n) is 18.7. The zero-order chi connectivity index (χ0) is 87.1. The average molecular weight is 1710 g/mol. The number of benzene rings is 2. The van der Waals surface area contributed by atoms with Crippen molar-refractivity contribution < 1.29 is 0 Å². The Hall–Kier alpha value is -20.6. The van der Waals surface area contributed by atoms with Gasteiger partial charge in [-0.15, -0.1) is 0 Å². The normalized spacial score (nSPS) is 15.4. The van der Waals surface area contributed by atoms with Crippen LogP contribution in [0.2, 0.25) is 0 Å². The molecule has 2 aromatic carbocycles. The number of rotatable bonds is 48. The molecule has 0 unspecified atom stereocenters. The number of nitrogen functional groups attached to an aromatic ring is 1.